The number of hydrogen-bond acceptors (Lipinski definition) is 1. The zero-order valence-electron chi connectivity index (χ0n) is 9.49. The van der Waals surface area contributed by atoms with Gasteiger partial charge >= 0.3 is 0 Å². The maximum atomic E-state index is 6.16. The van der Waals surface area contributed by atoms with Gasteiger partial charge in [0.1, 0.15) is 0 Å². The monoisotopic (exact) mass is 367 g/mol. The SMILES string of the molecule is CC(C)(CCBr)NCc1ccc(Br)cc1Cl. The van der Waals surface area contributed by atoms with Gasteiger partial charge in [-0.05, 0) is 38.0 Å². The Morgan fingerprint density at radius 3 is 2.62 bits per heavy atom. The fourth-order valence-corrected chi connectivity index (χ4v) is 3.06. The molecule has 16 heavy (non-hydrogen) atoms. The molecule has 1 aromatic carbocycles. The quantitative estimate of drug-likeness (QED) is 0.738. The summed E-state index contributed by atoms with van der Waals surface area (Å²) in [5.41, 5.74) is 1.26. The lowest BCUT2D eigenvalue weighted by atomic mass is 10.0. The van der Waals surface area contributed by atoms with Crippen LogP contribution in [0.5, 0.6) is 0 Å². The first-order valence-corrected chi connectivity index (χ1v) is 7.49. The Labute approximate surface area is 119 Å². The fraction of sp³-hybridized carbons (Fsp3) is 0.500. The highest BCUT2D eigenvalue weighted by atomic mass is 79.9. The van der Waals surface area contributed by atoms with Crippen molar-refractivity contribution in [3.8, 4) is 0 Å². The number of benzene rings is 1. The van der Waals surface area contributed by atoms with Gasteiger partial charge in [-0.15, -0.1) is 0 Å². The Morgan fingerprint density at radius 1 is 1.38 bits per heavy atom. The van der Waals surface area contributed by atoms with Gasteiger partial charge < -0.3 is 5.32 Å². The molecule has 0 aliphatic rings. The first-order valence-electron chi connectivity index (χ1n) is 5.19. The third kappa shape index (κ3) is 4.74. The van der Waals surface area contributed by atoms with E-state index in [4.69, 9.17) is 11.6 Å². The summed E-state index contributed by atoms with van der Waals surface area (Å²) in [6.07, 6.45) is 1.08. The minimum absolute atomic E-state index is 0.125. The van der Waals surface area contributed by atoms with E-state index >= 15 is 0 Å². The largest absolute Gasteiger partial charge is 0.308 e. The zero-order chi connectivity index (χ0) is 12.2. The van der Waals surface area contributed by atoms with E-state index in [1.807, 2.05) is 18.2 Å². The summed E-state index contributed by atoms with van der Waals surface area (Å²) in [5.74, 6) is 0. The van der Waals surface area contributed by atoms with E-state index < -0.39 is 0 Å². The molecule has 0 bridgehead atoms. The summed E-state index contributed by atoms with van der Waals surface area (Å²) in [5, 5.41) is 5.31. The fourth-order valence-electron chi connectivity index (χ4n) is 1.32. The van der Waals surface area contributed by atoms with Crippen LogP contribution in [0.25, 0.3) is 0 Å². The molecule has 0 heterocycles. The highest BCUT2D eigenvalue weighted by Gasteiger charge is 2.16. The van der Waals surface area contributed by atoms with Gasteiger partial charge in [-0.2, -0.15) is 0 Å². The summed E-state index contributed by atoms with van der Waals surface area (Å²) in [7, 11) is 0. The summed E-state index contributed by atoms with van der Waals surface area (Å²) in [4.78, 5) is 0. The van der Waals surface area contributed by atoms with Crippen LogP contribution < -0.4 is 5.32 Å². The molecule has 0 amide bonds. The first-order chi connectivity index (χ1) is 7.44. The lowest BCUT2D eigenvalue weighted by Gasteiger charge is -2.25. The lowest BCUT2D eigenvalue weighted by molar-refractivity contribution is 0.378. The van der Waals surface area contributed by atoms with Crippen LogP contribution in [0.1, 0.15) is 25.8 Å². The van der Waals surface area contributed by atoms with Crippen LogP contribution in [0.2, 0.25) is 5.02 Å². The van der Waals surface area contributed by atoms with Crippen LogP contribution in [0.4, 0.5) is 0 Å². The van der Waals surface area contributed by atoms with Gasteiger partial charge in [-0.25, -0.2) is 0 Å². The third-order valence-electron chi connectivity index (χ3n) is 2.49. The van der Waals surface area contributed by atoms with Crippen molar-refractivity contribution in [3.05, 3.63) is 33.3 Å². The summed E-state index contributed by atoms with van der Waals surface area (Å²) >= 11 is 13.0. The van der Waals surface area contributed by atoms with Gasteiger partial charge in [0, 0.05) is 26.9 Å². The molecule has 0 saturated heterocycles. The molecule has 0 unspecified atom stereocenters. The molecule has 0 aromatic heterocycles. The average Bonchev–Trinajstić information content (AvgIpc) is 2.16. The summed E-state index contributed by atoms with van der Waals surface area (Å²) < 4.78 is 1.01. The van der Waals surface area contributed by atoms with Gasteiger partial charge in [-0.3, -0.25) is 0 Å². The molecule has 0 radical (unpaired) electrons. The van der Waals surface area contributed by atoms with Crippen molar-refractivity contribution in [2.75, 3.05) is 5.33 Å². The number of alkyl halides is 1. The number of halogens is 3. The van der Waals surface area contributed by atoms with Crippen LogP contribution in [0, 0.1) is 0 Å². The molecule has 0 aliphatic carbocycles. The molecule has 1 rings (SSSR count). The van der Waals surface area contributed by atoms with Gasteiger partial charge in [0.05, 0.1) is 0 Å². The second-order valence-corrected chi connectivity index (χ2v) is 6.53. The minimum Gasteiger partial charge on any atom is -0.308 e. The molecule has 1 aromatic rings. The van der Waals surface area contributed by atoms with E-state index in [2.05, 4.69) is 51.0 Å². The van der Waals surface area contributed by atoms with Gasteiger partial charge in [0.25, 0.3) is 0 Å². The van der Waals surface area contributed by atoms with Crippen LogP contribution in [-0.2, 0) is 6.54 Å². The smallest absolute Gasteiger partial charge is 0.0462 e. The normalized spacial score (nSPS) is 11.8. The maximum Gasteiger partial charge on any atom is 0.0462 e. The summed E-state index contributed by atoms with van der Waals surface area (Å²) in [6, 6.07) is 5.99. The molecule has 0 saturated carbocycles. The van der Waals surface area contributed by atoms with Crippen LogP contribution in [-0.4, -0.2) is 10.9 Å². The molecular formula is C12H16Br2ClN. The lowest BCUT2D eigenvalue weighted by Crippen LogP contribution is -2.39. The molecule has 4 heteroatoms. The first kappa shape index (κ1) is 14.5. The van der Waals surface area contributed by atoms with Crippen molar-refractivity contribution < 1.29 is 0 Å². The van der Waals surface area contributed by atoms with Crippen molar-refractivity contribution in [1.29, 1.82) is 0 Å². The van der Waals surface area contributed by atoms with E-state index in [1.54, 1.807) is 0 Å². The Balaban J connectivity index is 2.61. The Bertz CT molecular complexity index is 353. The van der Waals surface area contributed by atoms with Crippen LogP contribution >= 0.6 is 43.5 Å². The predicted molar refractivity (Wildman–Crippen MR) is 78.5 cm³/mol. The Kier molecular flexibility index (Phi) is 5.78. The molecule has 0 fully saturated rings. The number of nitrogens with one attached hydrogen (secondary N) is 1. The van der Waals surface area contributed by atoms with Crippen molar-refractivity contribution in [2.45, 2.75) is 32.4 Å². The molecule has 1 N–H and O–H groups in total. The second-order valence-electron chi connectivity index (χ2n) is 4.41. The van der Waals surface area contributed by atoms with E-state index in [0.717, 1.165) is 33.4 Å². The van der Waals surface area contributed by atoms with Gasteiger partial charge in [0.2, 0.25) is 0 Å². The van der Waals surface area contributed by atoms with Crippen molar-refractivity contribution in [1.82, 2.24) is 5.32 Å². The number of hydrogen-bond donors (Lipinski definition) is 1. The van der Waals surface area contributed by atoms with Crippen molar-refractivity contribution in [2.24, 2.45) is 0 Å². The zero-order valence-corrected chi connectivity index (χ0v) is 13.4. The predicted octanol–water partition coefficient (Wildman–Crippen LogP) is 4.76. The van der Waals surface area contributed by atoms with Crippen LogP contribution in [0.3, 0.4) is 0 Å². The minimum atomic E-state index is 0.125. The highest BCUT2D eigenvalue weighted by molar-refractivity contribution is 9.10. The molecule has 90 valence electrons. The van der Waals surface area contributed by atoms with Crippen LogP contribution in [0.15, 0.2) is 22.7 Å². The van der Waals surface area contributed by atoms with E-state index in [9.17, 15) is 0 Å². The standard InChI is InChI=1S/C12H16Br2ClN/c1-12(2,5-6-13)16-8-9-3-4-10(14)7-11(9)15/h3-4,7,16H,5-6,8H2,1-2H3. The average molecular weight is 370 g/mol. The van der Waals surface area contributed by atoms with E-state index in [0.29, 0.717) is 0 Å². The van der Waals surface area contributed by atoms with Crippen molar-refractivity contribution in [3.63, 3.8) is 0 Å². The van der Waals surface area contributed by atoms with E-state index in [-0.39, 0.29) is 5.54 Å². The molecule has 0 spiro atoms. The highest BCUT2D eigenvalue weighted by Crippen LogP contribution is 2.22. The molecule has 0 aliphatic heterocycles. The molecular weight excluding hydrogens is 353 g/mol. The van der Waals surface area contributed by atoms with Crippen molar-refractivity contribution >= 4 is 43.5 Å². The molecule has 1 nitrogen and oxygen atoms in total. The molecule has 0 atom stereocenters. The third-order valence-corrected chi connectivity index (χ3v) is 3.73. The topological polar surface area (TPSA) is 12.0 Å². The second kappa shape index (κ2) is 6.39. The summed E-state index contributed by atoms with van der Waals surface area (Å²) in [6.45, 7) is 5.19. The van der Waals surface area contributed by atoms with E-state index in [1.165, 1.54) is 0 Å². The van der Waals surface area contributed by atoms with Gasteiger partial charge in [0.15, 0.2) is 0 Å². The Hall–Kier alpha value is 0.430. The number of rotatable bonds is 5. The van der Waals surface area contributed by atoms with Gasteiger partial charge in [-0.1, -0.05) is 49.5 Å². The maximum absolute atomic E-state index is 6.16. The Morgan fingerprint density at radius 2 is 2.06 bits per heavy atom.